The Morgan fingerprint density at radius 1 is 1.13 bits per heavy atom. The van der Waals surface area contributed by atoms with E-state index in [1.807, 2.05) is 23.2 Å². The van der Waals surface area contributed by atoms with Crippen LogP contribution in [-0.4, -0.2) is 55.1 Å². The van der Waals surface area contributed by atoms with Crippen molar-refractivity contribution in [2.45, 2.75) is 32.2 Å². The van der Waals surface area contributed by atoms with E-state index in [9.17, 15) is 9.59 Å². The summed E-state index contributed by atoms with van der Waals surface area (Å²) >= 11 is 0. The van der Waals surface area contributed by atoms with Gasteiger partial charge in [-0.3, -0.25) is 9.59 Å². The van der Waals surface area contributed by atoms with Crippen LogP contribution in [0.15, 0.2) is 41.7 Å². The molecule has 5 rings (SSSR count). The Hall–Kier alpha value is -3.56. The number of nitrogens with zero attached hydrogens (tertiary/aromatic N) is 7. The van der Waals surface area contributed by atoms with Gasteiger partial charge in [0.25, 0.3) is 5.56 Å². The molecule has 3 aromatic rings. The molecule has 2 aliphatic rings. The zero-order valence-electron chi connectivity index (χ0n) is 17.1. The molecule has 1 aliphatic carbocycles. The number of amides is 1. The molecule has 4 heterocycles. The third-order valence-electron chi connectivity index (χ3n) is 5.85. The normalized spacial score (nSPS) is 15.9. The van der Waals surface area contributed by atoms with Crippen molar-refractivity contribution >= 4 is 11.7 Å². The van der Waals surface area contributed by atoms with Gasteiger partial charge >= 0.3 is 0 Å². The van der Waals surface area contributed by atoms with E-state index in [4.69, 9.17) is 0 Å². The van der Waals surface area contributed by atoms with Gasteiger partial charge in [0.1, 0.15) is 12.1 Å². The minimum Gasteiger partial charge on any atom is -0.355 e. The van der Waals surface area contributed by atoms with E-state index in [0.29, 0.717) is 32.0 Å². The van der Waals surface area contributed by atoms with E-state index in [0.717, 1.165) is 42.8 Å². The number of nitrogens with one attached hydrogen (secondary N) is 1. The largest absolute Gasteiger partial charge is 0.355 e. The Balaban J connectivity index is 1.12. The van der Waals surface area contributed by atoms with E-state index in [1.54, 1.807) is 16.9 Å². The van der Waals surface area contributed by atoms with Gasteiger partial charge in [-0.25, -0.2) is 19.3 Å². The lowest BCUT2D eigenvalue weighted by Crippen LogP contribution is -2.54. The SMILES string of the molecule is O=C(NCCn1nc2c(cc1=O)CCCC2)C1CN(c2cc(-n3cccn3)ncn2)C1. The Labute approximate surface area is 178 Å². The summed E-state index contributed by atoms with van der Waals surface area (Å²) < 4.78 is 3.14. The van der Waals surface area contributed by atoms with Crippen LogP contribution in [-0.2, 0) is 24.2 Å². The first-order valence-electron chi connectivity index (χ1n) is 10.6. The van der Waals surface area contributed by atoms with Crippen molar-refractivity contribution in [3.63, 3.8) is 0 Å². The van der Waals surface area contributed by atoms with Crippen molar-refractivity contribution < 1.29 is 4.79 Å². The van der Waals surface area contributed by atoms with Gasteiger partial charge in [-0.05, 0) is 37.3 Å². The summed E-state index contributed by atoms with van der Waals surface area (Å²) in [4.78, 5) is 35.3. The molecule has 0 bridgehead atoms. The molecule has 1 saturated heterocycles. The Morgan fingerprint density at radius 3 is 2.81 bits per heavy atom. The molecule has 1 aliphatic heterocycles. The summed E-state index contributed by atoms with van der Waals surface area (Å²) in [5.74, 6) is 1.35. The average Bonchev–Trinajstić information content (AvgIpc) is 3.28. The van der Waals surface area contributed by atoms with Gasteiger partial charge in [0.15, 0.2) is 5.82 Å². The highest BCUT2D eigenvalue weighted by Gasteiger charge is 2.33. The van der Waals surface area contributed by atoms with Crippen LogP contribution in [0.3, 0.4) is 0 Å². The minimum atomic E-state index is -0.101. The molecular formula is C21H24N8O2. The summed E-state index contributed by atoms with van der Waals surface area (Å²) in [6.45, 7) is 1.96. The second-order valence-corrected chi connectivity index (χ2v) is 7.96. The number of anilines is 1. The van der Waals surface area contributed by atoms with Crippen LogP contribution in [0.25, 0.3) is 5.82 Å². The average molecular weight is 420 g/mol. The van der Waals surface area contributed by atoms with Crippen molar-refractivity contribution in [2.75, 3.05) is 24.5 Å². The molecule has 0 atom stereocenters. The highest BCUT2D eigenvalue weighted by atomic mass is 16.2. The molecule has 0 radical (unpaired) electrons. The van der Waals surface area contributed by atoms with E-state index in [1.165, 1.54) is 11.0 Å². The van der Waals surface area contributed by atoms with Gasteiger partial charge in [-0.15, -0.1) is 0 Å². The van der Waals surface area contributed by atoms with Gasteiger partial charge in [-0.2, -0.15) is 10.2 Å². The maximum atomic E-state index is 12.5. The highest BCUT2D eigenvalue weighted by molar-refractivity contribution is 5.81. The smallest absolute Gasteiger partial charge is 0.267 e. The first kappa shape index (κ1) is 19.4. The maximum Gasteiger partial charge on any atom is 0.267 e. The van der Waals surface area contributed by atoms with Crippen molar-refractivity contribution in [3.8, 4) is 5.82 Å². The van der Waals surface area contributed by atoms with Gasteiger partial charge < -0.3 is 10.2 Å². The van der Waals surface area contributed by atoms with Crippen molar-refractivity contribution in [2.24, 2.45) is 5.92 Å². The zero-order chi connectivity index (χ0) is 21.2. The summed E-state index contributed by atoms with van der Waals surface area (Å²) in [5.41, 5.74) is 2.00. The Bertz CT molecular complexity index is 1130. The Morgan fingerprint density at radius 2 is 1.97 bits per heavy atom. The van der Waals surface area contributed by atoms with Crippen LogP contribution in [0.5, 0.6) is 0 Å². The van der Waals surface area contributed by atoms with Crippen LogP contribution in [0.4, 0.5) is 5.82 Å². The molecular weight excluding hydrogens is 396 g/mol. The third-order valence-corrected chi connectivity index (χ3v) is 5.85. The number of carbonyl (C=O) groups is 1. The van der Waals surface area contributed by atoms with Gasteiger partial charge in [-0.1, -0.05) is 0 Å². The van der Waals surface area contributed by atoms with Crippen LogP contribution in [0.1, 0.15) is 24.1 Å². The summed E-state index contributed by atoms with van der Waals surface area (Å²) in [6.07, 6.45) is 9.10. The van der Waals surface area contributed by atoms with Gasteiger partial charge in [0, 0.05) is 44.2 Å². The monoisotopic (exact) mass is 420 g/mol. The van der Waals surface area contributed by atoms with E-state index < -0.39 is 0 Å². The molecule has 0 aromatic carbocycles. The number of aromatic nitrogens is 6. The first-order chi connectivity index (χ1) is 15.2. The van der Waals surface area contributed by atoms with E-state index in [2.05, 4.69) is 25.5 Å². The molecule has 0 unspecified atom stereocenters. The summed E-state index contributed by atoms with van der Waals surface area (Å²) in [7, 11) is 0. The van der Waals surface area contributed by atoms with Crippen LogP contribution >= 0.6 is 0 Å². The van der Waals surface area contributed by atoms with Crippen LogP contribution in [0, 0.1) is 5.92 Å². The van der Waals surface area contributed by atoms with Gasteiger partial charge in [0.05, 0.1) is 18.2 Å². The lowest BCUT2D eigenvalue weighted by molar-refractivity contribution is -0.125. The summed E-state index contributed by atoms with van der Waals surface area (Å²) in [6, 6.07) is 5.39. The fourth-order valence-electron chi connectivity index (χ4n) is 4.06. The molecule has 10 heteroatoms. The molecule has 31 heavy (non-hydrogen) atoms. The molecule has 0 saturated carbocycles. The first-order valence-corrected chi connectivity index (χ1v) is 10.6. The topological polar surface area (TPSA) is 111 Å². The fourth-order valence-corrected chi connectivity index (χ4v) is 4.06. The van der Waals surface area contributed by atoms with Gasteiger partial charge in [0.2, 0.25) is 5.91 Å². The number of rotatable bonds is 6. The molecule has 0 spiro atoms. The van der Waals surface area contributed by atoms with Crippen LogP contribution < -0.4 is 15.8 Å². The number of hydrogen-bond acceptors (Lipinski definition) is 7. The van der Waals surface area contributed by atoms with Crippen molar-refractivity contribution in [1.29, 1.82) is 0 Å². The van der Waals surface area contributed by atoms with E-state index >= 15 is 0 Å². The second kappa shape index (κ2) is 8.29. The predicted molar refractivity (Wildman–Crippen MR) is 113 cm³/mol. The number of fused-ring (bicyclic) bond motifs is 1. The molecule has 160 valence electrons. The molecule has 1 N–H and O–H groups in total. The lowest BCUT2D eigenvalue weighted by Gasteiger charge is -2.39. The lowest BCUT2D eigenvalue weighted by atomic mass is 9.97. The number of aryl methyl sites for hydroxylation is 2. The molecule has 1 amide bonds. The quantitative estimate of drug-likeness (QED) is 0.613. The number of carbonyl (C=O) groups excluding carboxylic acids is 1. The highest BCUT2D eigenvalue weighted by Crippen LogP contribution is 2.23. The standard InChI is InChI=1S/C21H24N8O2/c30-20-10-15-4-1-2-5-17(15)26-29(20)9-7-22-21(31)16-12-27(13-16)18-11-19(24-14-23-18)28-8-3-6-25-28/h3,6,8,10-11,14,16H,1-2,4-5,7,9,12-13H2,(H,22,31). The fraction of sp³-hybridized carbons (Fsp3) is 0.429. The Kier molecular flexibility index (Phi) is 5.19. The number of hydrogen-bond donors (Lipinski definition) is 1. The van der Waals surface area contributed by atoms with Crippen molar-refractivity contribution in [1.82, 2.24) is 34.8 Å². The maximum absolute atomic E-state index is 12.5. The predicted octanol–water partition coefficient (Wildman–Crippen LogP) is 0.350. The second-order valence-electron chi connectivity index (χ2n) is 7.96. The molecule has 10 nitrogen and oxygen atoms in total. The molecule has 1 fully saturated rings. The minimum absolute atomic E-state index is 0.0105. The summed E-state index contributed by atoms with van der Waals surface area (Å²) in [5, 5.41) is 11.6. The third kappa shape index (κ3) is 4.05. The molecule has 3 aromatic heterocycles. The zero-order valence-corrected chi connectivity index (χ0v) is 17.1. The van der Waals surface area contributed by atoms with Crippen molar-refractivity contribution in [3.05, 3.63) is 58.5 Å². The van der Waals surface area contributed by atoms with Crippen LogP contribution in [0.2, 0.25) is 0 Å². The van der Waals surface area contributed by atoms with E-state index in [-0.39, 0.29) is 17.4 Å².